The highest BCUT2D eigenvalue weighted by atomic mass is 16.5. The molecule has 1 saturated carbocycles. The van der Waals surface area contributed by atoms with E-state index in [-0.39, 0.29) is 23.8 Å². The van der Waals surface area contributed by atoms with Gasteiger partial charge in [-0.3, -0.25) is 4.79 Å². The number of nitrogens with zero attached hydrogens (tertiary/aromatic N) is 1. The van der Waals surface area contributed by atoms with Crippen LogP contribution in [0.15, 0.2) is 48.5 Å². The fourth-order valence-electron chi connectivity index (χ4n) is 6.39. The number of ether oxygens (including phenoxy) is 1. The van der Waals surface area contributed by atoms with E-state index in [0.717, 1.165) is 35.1 Å². The lowest BCUT2D eigenvalue weighted by atomic mass is 9.63. The number of amides is 2. The largest absolute Gasteiger partial charge is 0.479 e. The lowest BCUT2D eigenvalue weighted by molar-refractivity contribution is -0.160. The second-order valence-corrected chi connectivity index (χ2v) is 10.6. The van der Waals surface area contributed by atoms with Gasteiger partial charge in [0.1, 0.15) is 18.2 Å². The van der Waals surface area contributed by atoms with Crippen molar-refractivity contribution in [2.45, 2.75) is 63.5 Å². The molecule has 35 heavy (non-hydrogen) atoms. The molecule has 1 atom stereocenters. The molecule has 2 aromatic carbocycles. The summed E-state index contributed by atoms with van der Waals surface area (Å²) < 4.78 is 5.66. The molecular formula is C28H32N2O5. The molecule has 1 unspecified atom stereocenters. The molecular weight excluding hydrogens is 444 g/mol. The smallest absolute Gasteiger partial charge is 0.407 e. The van der Waals surface area contributed by atoms with Crippen LogP contribution in [0.25, 0.3) is 11.1 Å². The van der Waals surface area contributed by atoms with Gasteiger partial charge in [0.15, 0.2) is 0 Å². The van der Waals surface area contributed by atoms with Crippen LogP contribution in [0.5, 0.6) is 0 Å². The van der Waals surface area contributed by atoms with E-state index in [1.54, 1.807) is 0 Å². The quantitative estimate of drug-likeness (QED) is 0.583. The van der Waals surface area contributed by atoms with Crippen molar-refractivity contribution in [1.82, 2.24) is 10.2 Å². The molecule has 2 heterocycles. The number of carboxylic acid groups (broad SMARTS) is 1. The van der Waals surface area contributed by atoms with Crippen LogP contribution in [0, 0.1) is 5.41 Å². The predicted octanol–water partition coefficient (Wildman–Crippen LogP) is 4.55. The van der Waals surface area contributed by atoms with Gasteiger partial charge in [0, 0.05) is 12.5 Å². The van der Waals surface area contributed by atoms with Crippen molar-refractivity contribution < 1.29 is 24.2 Å². The maximum Gasteiger partial charge on any atom is 0.407 e. The number of unbranched alkanes of at least 4 members (excludes halogenated alkanes) is 1. The van der Waals surface area contributed by atoms with Gasteiger partial charge in [0.05, 0.1) is 0 Å². The van der Waals surface area contributed by atoms with Gasteiger partial charge >= 0.3 is 12.1 Å². The third kappa shape index (κ3) is 3.87. The van der Waals surface area contributed by atoms with E-state index >= 15 is 0 Å². The van der Waals surface area contributed by atoms with Crippen molar-refractivity contribution >= 4 is 18.0 Å². The second kappa shape index (κ2) is 8.70. The van der Waals surface area contributed by atoms with Crippen LogP contribution in [0.1, 0.15) is 63.0 Å². The van der Waals surface area contributed by atoms with Gasteiger partial charge in [-0.2, -0.15) is 0 Å². The average molecular weight is 477 g/mol. The molecule has 2 aliphatic heterocycles. The molecule has 0 radical (unpaired) electrons. The van der Waals surface area contributed by atoms with Crippen LogP contribution in [0.4, 0.5) is 4.79 Å². The Labute approximate surface area is 205 Å². The van der Waals surface area contributed by atoms with Gasteiger partial charge in [0.2, 0.25) is 5.91 Å². The van der Waals surface area contributed by atoms with Crippen LogP contribution >= 0.6 is 0 Å². The minimum absolute atomic E-state index is 0.0704. The minimum Gasteiger partial charge on any atom is -0.479 e. The molecule has 2 aliphatic carbocycles. The highest BCUT2D eigenvalue weighted by molar-refractivity contribution is 5.93. The number of aliphatic carboxylic acids is 1. The lowest BCUT2D eigenvalue weighted by Gasteiger charge is -2.43. The molecule has 2 saturated heterocycles. The normalized spacial score (nSPS) is 24.8. The van der Waals surface area contributed by atoms with Crippen molar-refractivity contribution in [2.24, 2.45) is 5.41 Å². The molecule has 7 heteroatoms. The van der Waals surface area contributed by atoms with E-state index in [0.29, 0.717) is 25.8 Å². The van der Waals surface area contributed by atoms with Crippen LogP contribution in [0.2, 0.25) is 0 Å². The van der Waals surface area contributed by atoms with Gasteiger partial charge in [-0.15, -0.1) is 0 Å². The molecule has 2 amide bonds. The van der Waals surface area contributed by atoms with Crippen LogP contribution < -0.4 is 5.32 Å². The summed E-state index contributed by atoms with van der Waals surface area (Å²) in [5, 5.41) is 12.6. The standard InChI is InChI=1S/C28H32N2O5/c1-3-4-13-23(24(31)30-17-27(2)15-28(30,16-27)25(32)33)29-26(34)35-14-22-20-11-7-5-9-18(20)19-10-6-8-12-21(19)22/h5-12,22-23H,3-4,13-17H2,1-2H3,(H,29,34)(H,32,33). The zero-order valence-electron chi connectivity index (χ0n) is 20.3. The highest BCUT2D eigenvalue weighted by Gasteiger charge is 2.69. The van der Waals surface area contributed by atoms with Crippen molar-refractivity contribution in [2.75, 3.05) is 13.2 Å². The lowest BCUT2D eigenvalue weighted by Crippen LogP contribution is -2.59. The van der Waals surface area contributed by atoms with E-state index in [1.807, 2.05) is 38.1 Å². The first-order valence-corrected chi connectivity index (χ1v) is 12.4. The molecule has 0 spiro atoms. The number of carbonyl (C=O) groups excluding carboxylic acids is 2. The van der Waals surface area contributed by atoms with Crippen molar-refractivity contribution in [1.29, 1.82) is 0 Å². The van der Waals surface area contributed by atoms with E-state index < -0.39 is 23.6 Å². The van der Waals surface area contributed by atoms with Gasteiger partial charge in [-0.1, -0.05) is 75.2 Å². The average Bonchev–Trinajstić information content (AvgIpc) is 3.43. The third-order valence-electron chi connectivity index (χ3n) is 7.94. The molecule has 4 aliphatic rings. The Balaban J connectivity index is 1.28. The van der Waals surface area contributed by atoms with E-state index in [1.165, 1.54) is 4.90 Å². The number of rotatable bonds is 8. The third-order valence-corrected chi connectivity index (χ3v) is 7.94. The number of benzene rings is 2. The Morgan fingerprint density at radius 1 is 1.09 bits per heavy atom. The Morgan fingerprint density at radius 3 is 2.26 bits per heavy atom. The van der Waals surface area contributed by atoms with Gasteiger partial charge in [-0.25, -0.2) is 9.59 Å². The first kappa shape index (κ1) is 23.4. The molecule has 6 rings (SSSR count). The Morgan fingerprint density at radius 2 is 1.69 bits per heavy atom. The van der Waals surface area contributed by atoms with Crippen LogP contribution in [-0.2, 0) is 14.3 Å². The Kier molecular flexibility index (Phi) is 5.82. The summed E-state index contributed by atoms with van der Waals surface area (Å²) in [5.41, 5.74) is 3.23. The van der Waals surface area contributed by atoms with E-state index in [9.17, 15) is 19.5 Å². The number of hydrogen-bond donors (Lipinski definition) is 2. The van der Waals surface area contributed by atoms with Crippen LogP contribution in [-0.4, -0.2) is 52.7 Å². The minimum atomic E-state index is -1.14. The first-order chi connectivity index (χ1) is 16.8. The first-order valence-electron chi connectivity index (χ1n) is 12.4. The molecule has 2 bridgehead atoms. The zero-order chi connectivity index (χ0) is 24.8. The maximum absolute atomic E-state index is 13.5. The fourth-order valence-corrected chi connectivity index (χ4v) is 6.39. The molecule has 7 nitrogen and oxygen atoms in total. The van der Waals surface area contributed by atoms with Crippen molar-refractivity contribution in [3.63, 3.8) is 0 Å². The molecule has 2 aromatic rings. The van der Waals surface area contributed by atoms with Gasteiger partial charge in [0.25, 0.3) is 0 Å². The summed E-state index contributed by atoms with van der Waals surface area (Å²) in [4.78, 5) is 39.8. The predicted molar refractivity (Wildman–Crippen MR) is 131 cm³/mol. The number of hydrogen-bond acceptors (Lipinski definition) is 4. The Hall–Kier alpha value is -3.35. The summed E-state index contributed by atoms with van der Waals surface area (Å²) in [6.07, 6.45) is 2.33. The molecule has 0 aromatic heterocycles. The number of fused-ring (bicyclic) bond motifs is 4. The summed E-state index contributed by atoms with van der Waals surface area (Å²) in [5.74, 6) is -1.36. The summed E-state index contributed by atoms with van der Waals surface area (Å²) in [6, 6.07) is 15.4. The van der Waals surface area contributed by atoms with Crippen molar-refractivity contribution in [3.05, 3.63) is 59.7 Å². The number of carboxylic acids is 1. The summed E-state index contributed by atoms with van der Waals surface area (Å²) >= 11 is 0. The maximum atomic E-state index is 13.5. The number of alkyl carbamates (subject to hydrolysis) is 1. The molecule has 2 N–H and O–H groups in total. The molecule has 184 valence electrons. The monoisotopic (exact) mass is 476 g/mol. The van der Waals surface area contributed by atoms with Gasteiger partial charge < -0.3 is 20.1 Å². The van der Waals surface area contributed by atoms with E-state index in [4.69, 9.17) is 4.74 Å². The van der Waals surface area contributed by atoms with E-state index in [2.05, 4.69) is 29.6 Å². The Bertz CT molecular complexity index is 1120. The van der Waals surface area contributed by atoms with Gasteiger partial charge in [-0.05, 0) is 46.9 Å². The highest BCUT2D eigenvalue weighted by Crippen LogP contribution is 2.59. The zero-order valence-corrected chi connectivity index (χ0v) is 20.3. The number of carbonyl (C=O) groups is 3. The van der Waals surface area contributed by atoms with Crippen molar-refractivity contribution in [3.8, 4) is 11.1 Å². The second-order valence-electron chi connectivity index (χ2n) is 10.6. The fraction of sp³-hybridized carbons (Fsp3) is 0.464. The molecule has 3 fully saturated rings. The number of nitrogens with one attached hydrogen (secondary N) is 1. The summed E-state index contributed by atoms with van der Waals surface area (Å²) in [6.45, 7) is 4.60. The topological polar surface area (TPSA) is 95.9 Å². The summed E-state index contributed by atoms with van der Waals surface area (Å²) in [7, 11) is 0. The van der Waals surface area contributed by atoms with Crippen LogP contribution in [0.3, 0.4) is 0 Å². The SMILES string of the molecule is CCCCC(NC(=O)OCC1c2ccccc2-c2ccccc21)C(=O)N1CC2(C)CC1(C(=O)O)C2.